The van der Waals surface area contributed by atoms with E-state index < -0.39 is 0 Å². The predicted molar refractivity (Wildman–Crippen MR) is 86.4 cm³/mol. The molecule has 1 aromatic carbocycles. The number of likely N-dealkylation sites (N-methyl/N-ethyl adjacent to an activating group) is 1. The summed E-state index contributed by atoms with van der Waals surface area (Å²) in [5.41, 5.74) is 0.552. The molecule has 1 atom stereocenters. The summed E-state index contributed by atoms with van der Waals surface area (Å²) < 4.78 is 13.6. The number of amides is 2. The molecule has 2 rings (SSSR count). The van der Waals surface area contributed by atoms with E-state index in [1.165, 1.54) is 6.07 Å². The van der Waals surface area contributed by atoms with Crippen molar-refractivity contribution in [1.29, 1.82) is 0 Å². The Bertz CT molecular complexity index is 565. The summed E-state index contributed by atoms with van der Waals surface area (Å²) in [5.74, 6) is -0.591. The number of halogens is 1. The lowest BCUT2D eigenvalue weighted by molar-refractivity contribution is -0.132. The van der Waals surface area contributed by atoms with Crippen LogP contribution in [0.4, 0.5) is 4.39 Å². The van der Waals surface area contributed by atoms with Gasteiger partial charge < -0.3 is 15.1 Å². The number of rotatable bonds is 4. The molecule has 1 heterocycles. The molecule has 1 aromatic rings. The van der Waals surface area contributed by atoms with Gasteiger partial charge in [0.05, 0.1) is 5.92 Å². The van der Waals surface area contributed by atoms with Gasteiger partial charge in [-0.15, -0.1) is 0 Å². The monoisotopic (exact) mass is 321 g/mol. The maximum atomic E-state index is 13.6. The van der Waals surface area contributed by atoms with Gasteiger partial charge in [-0.2, -0.15) is 0 Å². The maximum Gasteiger partial charge on any atom is 0.225 e. The van der Waals surface area contributed by atoms with Gasteiger partial charge in [0, 0.05) is 39.6 Å². The number of nitrogens with zero attached hydrogens (tertiary/aromatic N) is 2. The zero-order valence-electron chi connectivity index (χ0n) is 13.7. The van der Waals surface area contributed by atoms with Gasteiger partial charge in [-0.25, -0.2) is 4.39 Å². The molecule has 1 aliphatic heterocycles. The van der Waals surface area contributed by atoms with E-state index in [4.69, 9.17) is 0 Å². The Morgan fingerprint density at radius 3 is 2.70 bits per heavy atom. The number of carbonyl (C=O) groups excluding carboxylic acids is 2. The molecule has 23 heavy (non-hydrogen) atoms. The third-order valence-corrected chi connectivity index (χ3v) is 4.26. The lowest BCUT2D eigenvalue weighted by Crippen LogP contribution is -2.41. The van der Waals surface area contributed by atoms with E-state index in [9.17, 15) is 14.0 Å². The van der Waals surface area contributed by atoms with E-state index in [1.807, 2.05) is 7.05 Å². The SMILES string of the molecule is CNC(=O)C1CN(C)CCN(C(=O)CCc2ccccc2F)C1. The van der Waals surface area contributed by atoms with Crippen LogP contribution in [0.25, 0.3) is 0 Å². The summed E-state index contributed by atoms with van der Waals surface area (Å²) in [5, 5.41) is 2.65. The van der Waals surface area contributed by atoms with Gasteiger partial charge in [0.2, 0.25) is 11.8 Å². The topological polar surface area (TPSA) is 52.7 Å². The molecule has 1 unspecified atom stereocenters. The smallest absolute Gasteiger partial charge is 0.225 e. The van der Waals surface area contributed by atoms with E-state index in [-0.39, 0.29) is 30.0 Å². The number of hydrogen-bond acceptors (Lipinski definition) is 3. The van der Waals surface area contributed by atoms with Crippen molar-refractivity contribution in [2.45, 2.75) is 12.8 Å². The molecule has 2 amide bonds. The highest BCUT2D eigenvalue weighted by Crippen LogP contribution is 2.13. The van der Waals surface area contributed by atoms with E-state index >= 15 is 0 Å². The number of benzene rings is 1. The molecule has 1 saturated heterocycles. The van der Waals surface area contributed by atoms with Crippen molar-refractivity contribution in [2.75, 3.05) is 40.3 Å². The number of carbonyl (C=O) groups is 2. The van der Waals surface area contributed by atoms with Gasteiger partial charge >= 0.3 is 0 Å². The fourth-order valence-electron chi connectivity index (χ4n) is 2.87. The van der Waals surface area contributed by atoms with Crippen molar-refractivity contribution in [3.63, 3.8) is 0 Å². The second-order valence-corrected chi connectivity index (χ2v) is 6.00. The molecule has 0 saturated carbocycles. The van der Waals surface area contributed by atoms with Crippen molar-refractivity contribution >= 4 is 11.8 Å². The fourth-order valence-corrected chi connectivity index (χ4v) is 2.87. The predicted octanol–water partition coefficient (Wildman–Crippen LogP) is 0.895. The largest absolute Gasteiger partial charge is 0.359 e. The molecule has 6 heteroatoms. The molecular weight excluding hydrogens is 297 g/mol. The molecule has 0 spiro atoms. The Morgan fingerprint density at radius 1 is 1.26 bits per heavy atom. The quantitative estimate of drug-likeness (QED) is 0.896. The fraction of sp³-hybridized carbons (Fsp3) is 0.529. The second kappa shape index (κ2) is 8.06. The van der Waals surface area contributed by atoms with E-state index in [0.717, 1.165) is 6.54 Å². The van der Waals surface area contributed by atoms with Crippen LogP contribution in [0.2, 0.25) is 0 Å². The first-order valence-corrected chi connectivity index (χ1v) is 7.92. The molecule has 126 valence electrons. The Labute approximate surface area is 136 Å². The van der Waals surface area contributed by atoms with Crippen molar-refractivity contribution in [2.24, 2.45) is 5.92 Å². The van der Waals surface area contributed by atoms with Crippen LogP contribution in [0.3, 0.4) is 0 Å². The summed E-state index contributed by atoms with van der Waals surface area (Å²) in [6.45, 7) is 2.38. The Kier molecular flexibility index (Phi) is 6.10. The molecule has 1 aliphatic rings. The molecule has 0 aliphatic carbocycles. The Hall–Kier alpha value is -1.95. The van der Waals surface area contributed by atoms with E-state index in [1.54, 1.807) is 30.1 Å². The van der Waals surface area contributed by atoms with Crippen LogP contribution in [0.5, 0.6) is 0 Å². The highest BCUT2D eigenvalue weighted by atomic mass is 19.1. The van der Waals surface area contributed by atoms with Crippen LogP contribution in [0, 0.1) is 11.7 Å². The molecular formula is C17H24FN3O2. The zero-order chi connectivity index (χ0) is 16.8. The Balaban J connectivity index is 1.97. The molecule has 0 bridgehead atoms. The molecule has 5 nitrogen and oxygen atoms in total. The maximum absolute atomic E-state index is 13.6. The van der Waals surface area contributed by atoms with Crippen LogP contribution in [0.1, 0.15) is 12.0 Å². The minimum absolute atomic E-state index is 0.0301. The zero-order valence-corrected chi connectivity index (χ0v) is 13.7. The van der Waals surface area contributed by atoms with Crippen LogP contribution < -0.4 is 5.32 Å². The van der Waals surface area contributed by atoms with Crippen LogP contribution >= 0.6 is 0 Å². The highest BCUT2D eigenvalue weighted by molar-refractivity contribution is 5.81. The minimum Gasteiger partial charge on any atom is -0.359 e. The molecule has 0 aromatic heterocycles. The molecule has 1 N–H and O–H groups in total. The van der Waals surface area contributed by atoms with Crippen LogP contribution in [-0.2, 0) is 16.0 Å². The second-order valence-electron chi connectivity index (χ2n) is 6.00. The summed E-state index contributed by atoms with van der Waals surface area (Å²) in [7, 11) is 3.56. The van der Waals surface area contributed by atoms with Gasteiger partial charge in [0.15, 0.2) is 0 Å². The molecule has 0 radical (unpaired) electrons. The number of aryl methyl sites for hydroxylation is 1. The van der Waals surface area contributed by atoms with Gasteiger partial charge in [-0.3, -0.25) is 9.59 Å². The lowest BCUT2D eigenvalue weighted by Gasteiger charge is -2.23. The van der Waals surface area contributed by atoms with Crippen molar-refractivity contribution in [3.05, 3.63) is 35.6 Å². The number of hydrogen-bond donors (Lipinski definition) is 1. The third kappa shape index (κ3) is 4.76. The average molecular weight is 321 g/mol. The Morgan fingerprint density at radius 2 is 2.00 bits per heavy atom. The van der Waals surface area contributed by atoms with E-state index in [0.29, 0.717) is 31.6 Å². The van der Waals surface area contributed by atoms with Gasteiger partial charge in [0.1, 0.15) is 5.82 Å². The first-order chi connectivity index (χ1) is 11.0. The molecule has 1 fully saturated rings. The highest BCUT2D eigenvalue weighted by Gasteiger charge is 2.28. The standard InChI is InChI=1S/C17H24FN3O2/c1-19-17(23)14-11-20(2)9-10-21(12-14)16(22)8-7-13-5-3-4-6-15(13)18/h3-6,14H,7-12H2,1-2H3,(H,19,23). The van der Waals surface area contributed by atoms with E-state index in [2.05, 4.69) is 10.2 Å². The van der Waals surface area contributed by atoms with Crippen LogP contribution in [-0.4, -0.2) is 61.9 Å². The average Bonchev–Trinajstić information content (AvgIpc) is 2.75. The van der Waals surface area contributed by atoms with Crippen molar-refractivity contribution in [3.8, 4) is 0 Å². The van der Waals surface area contributed by atoms with Gasteiger partial charge in [-0.1, -0.05) is 18.2 Å². The van der Waals surface area contributed by atoms with Gasteiger partial charge in [-0.05, 0) is 25.1 Å². The van der Waals surface area contributed by atoms with Gasteiger partial charge in [0.25, 0.3) is 0 Å². The first kappa shape index (κ1) is 17.4. The minimum atomic E-state index is -0.279. The summed E-state index contributed by atoms with van der Waals surface area (Å²) in [4.78, 5) is 28.2. The van der Waals surface area contributed by atoms with Crippen LogP contribution in [0.15, 0.2) is 24.3 Å². The summed E-state index contributed by atoms with van der Waals surface area (Å²) in [6.07, 6.45) is 0.633. The van der Waals surface area contributed by atoms with Crippen molar-refractivity contribution in [1.82, 2.24) is 15.1 Å². The summed E-state index contributed by atoms with van der Waals surface area (Å²) >= 11 is 0. The lowest BCUT2D eigenvalue weighted by atomic mass is 10.1. The van der Waals surface area contributed by atoms with Crippen molar-refractivity contribution < 1.29 is 14.0 Å². The number of nitrogens with one attached hydrogen (secondary N) is 1. The summed E-state index contributed by atoms with van der Waals surface area (Å²) in [6, 6.07) is 6.51. The first-order valence-electron chi connectivity index (χ1n) is 7.92. The third-order valence-electron chi connectivity index (χ3n) is 4.26. The normalized spacial score (nSPS) is 19.3.